The van der Waals surface area contributed by atoms with Crippen LogP contribution in [0.3, 0.4) is 0 Å². The molecule has 1 heterocycles. The number of nitrogens with zero attached hydrogens (tertiary/aromatic N) is 1. The Morgan fingerprint density at radius 2 is 2.27 bits per heavy atom. The molecule has 2 atom stereocenters. The predicted octanol–water partition coefficient (Wildman–Crippen LogP) is 4.13. The number of hydrogen-bond acceptors (Lipinski definition) is 3. The third-order valence-electron chi connectivity index (χ3n) is 2.48. The molecule has 1 aromatic heterocycles. The lowest BCUT2D eigenvalue weighted by molar-refractivity contribution is 0.416. The minimum Gasteiger partial charge on any atom is -0.305 e. The van der Waals surface area contributed by atoms with Gasteiger partial charge in [-0.25, -0.2) is 4.98 Å². The molecule has 4 heteroatoms. The Hall–Kier alpha value is 0.0700. The zero-order chi connectivity index (χ0) is 11.3. The summed E-state index contributed by atoms with van der Waals surface area (Å²) >= 11 is 5.15. The molecule has 0 aliphatic carbocycles. The van der Waals surface area contributed by atoms with E-state index >= 15 is 0 Å². The minimum absolute atomic E-state index is 0.359. The molecule has 1 rings (SSSR count). The maximum Gasteiger partial charge on any atom is 0.110 e. The monoisotopic (exact) mass is 290 g/mol. The first-order chi connectivity index (χ1) is 7.17. The Morgan fingerprint density at radius 1 is 1.53 bits per heavy atom. The first-order valence-electron chi connectivity index (χ1n) is 5.54. The Bertz CT molecular complexity index is 288. The summed E-state index contributed by atoms with van der Waals surface area (Å²) in [4.78, 5) is 4.37. The van der Waals surface area contributed by atoms with Crippen molar-refractivity contribution in [3.63, 3.8) is 0 Å². The third-order valence-corrected chi connectivity index (χ3v) is 4.14. The molecule has 0 aliphatic rings. The van der Waals surface area contributed by atoms with E-state index in [9.17, 15) is 0 Å². The molecule has 15 heavy (non-hydrogen) atoms. The van der Waals surface area contributed by atoms with Crippen LogP contribution in [0.15, 0.2) is 9.98 Å². The Balaban J connectivity index is 2.50. The second-order valence-corrected chi connectivity index (χ2v) is 6.23. The van der Waals surface area contributed by atoms with Crippen LogP contribution in [0.1, 0.15) is 51.1 Å². The smallest absolute Gasteiger partial charge is 0.110 e. The highest BCUT2D eigenvalue weighted by atomic mass is 79.9. The molecule has 0 aliphatic heterocycles. The summed E-state index contributed by atoms with van der Waals surface area (Å²) in [6, 6.07) is 0.977. The molecule has 1 N–H and O–H groups in total. The normalized spacial score (nSPS) is 15.2. The molecule has 0 amide bonds. The SMILES string of the molecule is CCCC(CC)NC(C)c1ncc(Br)s1. The molecule has 2 nitrogen and oxygen atoms in total. The van der Waals surface area contributed by atoms with Crippen molar-refractivity contribution >= 4 is 27.3 Å². The molecule has 86 valence electrons. The minimum atomic E-state index is 0.359. The van der Waals surface area contributed by atoms with Crippen molar-refractivity contribution in [1.82, 2.24) is 10.3 Å². The summed E-state index contributed by atoms with van der Waals surface area (Å²) in [5.74, 6) is 0. The zero-order valence-corrected chi connectivity index (χ0v) is 12.0. The van der Waals surface area contributed by atoms with E-state index in [0.29, 0.717) is 12.1 Å². The van der Waals surface area contributed by atoms with Crippen LogP contribution in [0.4, 0.5) is 0 Å². The van der Waals surface area contributed by atoms with Crippen LogP contribution in [0.2, 0.25) is 0 Å². The van der Waals surface area contributed by atoms with Crippen LogP contribution >= 0.6 is 27.3 Å². The van der Waals surface area contributed by atoms with Crippen LogP contribution < -0.4 is 5.32 Å². The van der Waals surface area contributed by atoms with E-state index in [-0.39, 0.29) is 0 Å². The van der Waals surface area contributed by atoms with Gasteiger partial charge in [0, 0.05) is 6.04 Å². The highest BCUT2D eigenvalue weighted by molar-refractivity contribution is 9.11. The standard InChI is InChI=1S/C11H19BrN2S/c1-4-6-9(5-2)14-8(3)11-13-7-10(12)15-11/h7-9,14H,4-6H2,1-3H3. The van der Waals surface area contributed by atoms with E-state index in [0.717, 1.165) is 8.79 Å². The highest BCUT2D eigenvalue weighted by Gasteiger charge is 2.13. The zero-order valence-electron chi connectivity index (χ0n) is 9.59. The quantitative estimate of drug-likeness (QED) is 0.852. The van der Waals surface area contributed by atoms with Gasteiger partial charge in [0.1, 0.15) is 5.01 Å². The summed E-state index contributed by atoms with van der Waals surface area (Å²) in [7, 11) is 0. The molecule has 0 fully saturated rings. The first-order valence-corrected chi connectivity index (χ1v) is 7.15. The number of halogens is 1. The Morgan fingerprint density at radius 3 is 2.73 bits per heavy atom. The topological polar surface area (TPSA) is 24.9 Å². The van der Waals surface area contributed by atoms with Gasteiger partial charge >= 0.3 is 0 Å². The molecular weight excluding hydrogens is 272 g/mol. The highest BCUT2D eigenvalue weighted by Crippen LogP contribution is 2.24. The maximum atomic E-state index is 4.37. The molecule has 0 spiro atoms. The summed E-state index contributed by atoms with van der Waals surface area (Å²) in [5, 5.41) is 4.79. The van der Waals surface area contributed by atoms with Gasteiger partial charge in [-0.3, -0.25) is 0 Å². The second-order valence-electron chi connectivity index (χ2n) is 3.78. The van der Waals surface area contributed by atoms with E-state index in [4.69, 9.17) is 0 Å². The summed E-state index contributed by atoms with van der Waals surface area (Å²) in [6.07, 6.45) is 5.54. The fourth-order valence-electron chi connectivity index (χ4n) is 1.65. The van der Waals surface area contributed by atoms with Crippen molar-refractivity contribution in [2.45, 2.75) is 52.1 Å². The van der Waals surface area contributed by atoms with Crippen molar-refractivity contribution in [3.05, 3.63) is 15.0 Å². The van der Waals surface area contributed by atoms with E-state index in [2.05, 4.69) is 47.0 Å². The number of thiazole rings is 1. The van der Waals surface area contributed by atoms with Gasteiger partial charge in [-0.2, -0.15) is 0 Å². The van der Waals surface area contributed by atoms with Gasteiger partial charge < -0.3 is 5.32 Å². The summed E-state index contributed by atoms with van der Waals surface area (Å²) in [6.45, 7) is 6.65. The Labute approximate surface area is 105 Å². The molecule has 2 unspecified atom stereocenters. The fraction of sp³-hybridized carbons (Fsp3) is 0.727. The number of nitrogens with one attached hydrogen (secondary N) is 1. The van der Waals surface area contributed by atoms with Crippen molar-refractivity contribution < 1.29 is 0 Å². The molecule has 0 saturated carbocycles. The average molecular weight is 291 g/mol. The second kappa shape index (κ2) is 6.61. The number of rotatable bonds is 6. The van der Waals surface area contributed by atoms with E-state index in [1.807, 2.05) is 6.20 Å². The van der Waals surface area contributed by atoms with Crippen LogP contribution in [0.25, 0.3) is 0 Å². The maximum absolute atomic E-state index is 4.37. The average Bonchev–Trinajstić information content (AvgIpc) is 2.64. The van der Waals surface area contributed by atoms with Crippen LogP contribution in [-0.4, -0.2) is 11.0 Å². The van der Waals surface area contributed by atoms with Gasteiger partial charge in [-0.15, -0.1) is 11.3 Å². The number of hydrogen-bond donors (Lipinski definition) is 1. The molecule has 0 aromatic carbocycles. The van der Waals surface area contributed by atoms with Gasteiger partial charge in [-0.05, 0) is 35.7 Å². The fourth-order valence-corrected chi connectivity index (χ4v) is 2.90. The van der Waals surface area contributed by atoms with Crippen molar-refractivity contribution in [1.29, 1.82) is 0 Å². The lowest BCUT2D eigenvalue weighted by Gasteiger charge is -2.20. The van der Waals surface area contributed by atoms with Gasteiger partial charge in [0.05, 0.1) is 16.0 Å². The van der Waals surface area contributed by atoms with Crippen LogP contribution in [0, 0.1) is 0 Å². The lowest BCUT2D eigenvalue weighted by atomic mass is 10.1. The van der Waals surface area contributed by atoms with Gasteiger partial charge in [-0.1, -0.05) is 20.3 Å². The number of aromatic nitrogens is 1. The van der Waals surface area contributed by atoms with E-state index < -0.39 is 0 Å². The molecule has 0 radical (unpaired) electrons. The summed E-state index contributed by atoms with van der Waals surface area (Å²) < 4.78 is 1.11. The van der Waals surface area contributed by atoms with Crippen molar-refractivity contribution in [2.24, 2.45) is 0 Å². The Kier molecular flexibility index (Phi) is 5.79. The molecular formula is C11H19BrN2S. The lowest BCUT2D eigenvalue weighted by Crippen LogP contribution is -2.30. The van der Waals surface area contributed by atoms with Gasteiger partial charge in [0.25, 0.3) is 0 Å². The predicted molar refractivity (Wildman–Crippen MR) is 70.4 cm³/mol. The molecule has 0 bridgehead atoms. The van der Waals surface area contributed by atoms with E-state index in [1.165, 1.54) is 19.3 Å². The van der Waals surface area contributed by atoms with Crippen LogP contribution in [0.5, 0.6) is 0 Å². The van der Waals surface area contributed by atoms with Crippen molar-refractivity contribution in [3.8, 4) is 0 Å². The third kappa shape index (κ3) is 4.21. The van der Waals surface area contributed by atoms with Gasteiger partial charge in [0.15, 0.2) is 0 Å². The van der Waals surface area contributed by atoms with E-state index in [1.54, 1.807) is 11.3 Å². The largest absolute Gasteiger partial charge is 0.305 e. The van der Waals surface area contributed by atoms with Crippen molar-refractivity contribution in [2.75, 3.05) is 0 Å². The van der Waals surface area contributed by atoms with Crippen LogP contribution in [-0.2, 0) is 0 Å². The molecule has 1 aromatic rings. The van der Waals surface area contributed by atoms with Gasteiger partial charge in [0.2, 0.25) is 0 Å². The molecule has 0 saturated heterocycles. The summed E-state index contributed by atoms with van der Waals surface area (Å²) in [5.41, 5.74) is 0. The first kappa shape index (κ1) is 13.1.